The van der Waals surface area contributed by atoms with Crippen LogP contribution in [-0.2, 0) is 25.9 Å². The number of carbonyl (C=O) groups excluding carboxylic acids is 2. The van der Waals surface area contributed by atoms with Gasteiger partial charge in [-0.25, -0.2) is 0 Å². The normalized spacial score (nSPS) is 10.1. The number of carbonyl (C=O) groups is 2. The zero-order valence-corrected chi connectivity index (χ0v) is 28.5. The maximum Gasteiger partial charge on any atom is 0.227 e. The summed E-state index contributed by atoms with van der Waals surface area (Å²) >= 11 is 8.95. The fourth-order valence-corrected chi connectivity index (χ4v) is 5.90. The first-order valence-corrected chi connectivity index (χ1v) is 14.5. The van der Waals surface area contributed by atoms with E-state index in [2.05, 4.69) is 0 Å². The van der Waals surface area contributed by atoms with Gasteiger partial charge in [-0.3, -0.25) is 9.59 Å². The van der Waals surface area contributed by atoms with Crippen molar-refractivity contribution in [1.82, 2.24) is 0 Å². The molecule has 0 bridgehead atoms. The highest BCUT2D eigenvalue weighted by molar-refractivity contribution is 7.09. The van der Waals surface area contributed by atoms with Crippen LogP contribution >= 0.6 is 34.3 Å². The Bertz CT molecular complexity index is 1390. The van der Waals surface area contributed by atoms with E-state index >= 15 is 0 Å². The number of ether oxygens (including phenoxy) is 1. The molecule has 2 heterocycles. The van der Waals surface area contributed by atoms with E-state index < -0.39 is 0 Å². The lowest BCUT2D eigenvalue weighted by atomic mass is 10.1. The summed E-state index contributed by atoms with van der Waals surface area (Å²) in [5, 5.41) is 18.6. The lowest BCUT2D eigenvalue weighted by molar-refractivity contribution is -0.684. The third-order valence-corrected chi connectivity index (χ3v) is 8.74. The van der Waals surface area contributed by atoms with Gasteiger partial charge in [-0.05, 0) is 48.5 Å². The minimum Gasteiger partial charge on any atom is -1.00 e. The quantitative estimate of drug-likeness (QED) is 0.140. The lowest BCUT2D eigenvalue weighted by Gasteiger charge is -2.01. The molecule has 0 aliphatic carbocycles. The molecule has 0 aliphatic heterocycles. The monoisotopic (exact) mass is 746 g/mol. The number of Topliss-reactive ketones (excluding diaryl/α,β-unsaturated/α-hetero) is 2. The molecule has 0 unspecified atom stereocenters. The van der Waals surface area contributed by atoms with Crippen molar-refractivity contribution in [3.05, 3.63) is 96.8 Å². The summed E-state index contributed by atoms with van der Waals surface area (Å²) in [5.74, 6) is 0.860. The number of rotatable bonds is 11. The van der Waals surface area contributed by atoms with Gasteiger partial charge in [0.05, 0.1) is 16.9 Å². The van der Waals surface area contributed by atoms with Gasteiger partial charge >= 0.3 is 0 Å². The molecule has 0 aliphatic rings. The van der Waals surface area contributed by atoms with Gasteiger partial charge in [0.1, 0.15) is 5.75 Å². The molecule has 0 saturated carbocycles. The molecular formula is C29H33Br2ClN2O5S2. The molecule has 0 fully saturated rings. The van der Waals surface area contributed by atoms with E-state index in [0.717, 1.165) is 26.9 Å². The van der Waals surface area contributed by atoms with Crippen molar-refractivity contribution in [2.45, 2.75) is 39.8 Å². The average Bonchev–Trinajstić information content (AvgIpc) is 3.46. The zero-order chi connectivity index (χ0) is 28.4. The number of aliphatic hydroxyl groups excluding tert-OH is 2. The Morgan fingerprint density at radius 2 is 1.15 bits per heavy atom. The van der Waals surface area contributed by atoms with Gasteiger partial charge in [-0.2, -0.15) is 9.13 Å². The molecule has 0 amide bonds. The summed E-state index contributed by atoms with van der Waals surface area (Å²) < 4.78 is 8.93. The van der Waals surface area contributed by atoms with Gasteiger partial charge < -0.3 is 48.9 Å². The SMILES string of the molecule is COc1ccc(C(=O)C[n+]2csc(CCO)c2C)cc1.Cc1c(CCO)sc[n+]1CC(=O)c1ccc(Cl)cc1.[Br-].[Br-]. The van der Waals surface area contributed by atoms with Gasteiger partial charge in [0.15, 0.2) is 11.4 Å². The molecule has 0 atom stereocenters. The molecule has 0 saturated heterocycles. The van der Waals surface area contributed by atoms with Crippen molar-refractivity contribution in [2.75, 3.05) is 20.3 Å². The largest absolute Gasteiger partial charge is 1.00 e. The van der Waals surface area contributed by atoms with E-state index in [1.165, 1.54) is 0 Å². The van der Waals surface area contributed by atoms with Gasteiger partial charge in [0.2, 0.25) is 35.7 Å². The molecule has 222 valence electrons. The van der Waals surface area contributed by atoms with E-state index in [4.69, 9.17) is 26.6 Å². The maximum atomic E-state index is 12.2. The summed E-state index contributed by atoms with van der Waals surface area (Å²) in [5.41, 5.74) is 7.28. The molecule has 4 aromatic rings. The molecule has 2 aromatic heterocycles. The van der Waals surface area contributed by atoms with Crippen molar-refractivity contribution < 1.29 is 67.6 Å². The summed E-state index contributed by atoms with van der Waals surface area (Å²) in [6.45, 7) is 4.84. The van der Waals surface area contributed by atoms with E-state index in [0.29, 0.717) is 42.1 Å². The number of halogens is 3. The Morgan fingerprint density at radius 1 is 0.756 bits per heavy atom. The van der Waals surface area contributed by atoms with Crippen molar-refractivity contribution in [3.8, 4) is 5.75 Å². The number of thiazole rings is 2. The molecule has 7 nitrogen and oxygen atoms in total. The highest BCUT2D eigenvalue weighted by Crippen LogP contribution is 2.15. The number of aromatic nitrogens is 2. The standard InChI is InChI=1S/C15H18NO3S.C14H15ClNO2S.2BrH/c1-11-15(7-8-17)20-10-16(11)9-14(18)12-3-5-13(19-2)6-4-12;1-10-14(6-7-17)19-9-16(10)8-13(18)11-2-4-12(15)5-3-11;;/h3-6,10,17H,7-9H2,1-2H3;2-5,9,17H,6-8H2,1H3;2*1H/q2*+1;;/p-2. The van der Waals surface area contributed by atoms with Gasteiger partial charge in [-0.15, -0.1) is 0 Å². The maximum absolute atomic E-state index is 12.2. The summed E-state index contributed by atoms with van der Waals surface area (Å²) in [4.78, 5) is 26.6. The Morgan fingerprint density at radius 3 is 1.51 bits per heavy atom. The molecular weight excluding hydrogens is 716 g/mol. The van der Waals surface area contributed by atoms with Crippen molar-refractivity contribution in [2.24, 2.45) is 0 Å². The van der Waals surface area contributed by atoms with Crippen molar-refractivity contribution >= 4 is 45.8 Å². The Kier molecular flexibility index (Phi) is 16.7. The smallest absolute Gasteiger partial charge is 0.227 e. The van der Waals surface area contributed by atoms with E-state index in [-0.39, 0.29) is 58.7 Å². The molecule has 12 heteroatoms. The van der Waals surface area contributed by atoms with Crippen LogP contribution in [0.25, 0.3) is 0 Å². The van der Waals surface area contributed by atoms with Crippen LogP contribution in [-0.4, -0.2) is 42.1 Å². The highest BCUT2D eigenvalue weighted by atomic mass is 79.9. The van der Waals surface area contributed by atoms with Crippen LogP contribution < -0.4 is 47.8 Å². The minimum atomic E-state index is 0. The molecule has 41 heavy (non-hydrogen) atoms. The summed E-state index contributed by atoms with van der Waals surface area (Å²) in [6, 6.07) is 14.0. The first kappa shape index (κ1) is 37.0. The van der Waals surface area contributed by atoms with Gasteiger partial charge in [0, 0.05) is 56.1 Å². The first-order chi connectivity index (χ1) is 18.8. The van der Waals surface area contributed by atoms with Crippen LogP contribution in [0.4, 0.5) is 0 Å². The molecule has 4 rings (SSSR count). The van der Waals surface area contributed by atoms with E-state index in [9.17, 15) is 9.59 Å². The van der Waals surface area contributed by atoms with Crippen LogP contribution in [0.5, 0.6) is 5.75 Å². The number of ketones is 2. The minimum absolute atomic E-state index is 0. The number of methoxy groups -OCH3 is 1. The second-order valence-electron chi connectivity index (χ2n) is 8.75. The summed E-state index contributed by atoms with van der Waals surface area (Å²) in [6.07, 6.45) is 1.28. The Labute approximate surface area is 274 Å². The number of nitrogens with zero attached hydrogens (tertiary/aromatic N) is 2. The predicted molar refractivity (Wildman–Crippen MR) is 153 cm³/mol. The fourth-order valence-electron chi connectivity index (χ4n) is 3.80. The lowest BCUT2D eigenvalue weighted by Crippen LogP contribution is -3.00. The van der Waals surface area contributed by atoms with Gasteiger partial charge in [0.25, 0.3) is 0 Å². The predicted octanol–water partition coefficient (Wildman–Crippen LogP) is -1.81. The number of benzene rings is 2. The zero-order valence-electron chi connectivity index (χ0n) is 23.0. The summed E-state index contributed by atoms with van der Waals surface area (Å²) in [7, 11) is 1.60. The van der Waals surface area contributed by atoms with Crippen molar-refractivity contribution in [3.63, 3.8) is 0 Å². The van der Waals surface area contributed by atoms with Crippen LogP contribution in [0.3, 0.4) is 0 Å². The van der Waals surface area contributed by atoms with Crippen LogP contribution in [0.15, 0.2) is 59.6 Å². The van der Waals surface area contributed by atoms with Crippen LogP contribution in [0, 0.1) is 13.8 Å². The highest BCUT2D eigenvalue weighted by Gasteiger charge is 2.20. The number of hydrogen-bond acceptors (Lipinski definition) is 7. The van der Waals surface area contributed by atoms with Gasteiger partial charge in [-0.1, -0.05) is 34.3 Å². The first-order valence-electron chi connectivity index (χ1n) is 12.4. The van der Waals surface area contributed by atoms with Crippen molar-refractivity contribution in [1.29, 1.82) is 0 Å². The number of aliphatic hydroxyl groups is 2. The second-order valence-corrected chi connectivity index (χ2v) is 11.1. The second kappa shape index (κ2) is 18.5. The molecule has 2 aromatic carbocycles. The molecule has 0 radical (unpaired) electrons. The molecule has 2 N–H and O–H groups in total. The fraction of sp³-hybridized carbons (Fsp3) is 0.310. The Balaban J connectivity index is 0.000000391. The topological polar surface area (TPSA) is 91.6 Å². The van der Waals surface area contributed by atoms with Crippen LogP contribution in [0.1, 0.15) is 41.9 Å². The average molecular weight is 749 g/mol. The van der Waals surface area contributed by atoms with E-state index in [1.54, 1.807) is 78.3 Å². The van der Waals surface area contributed by atoms with E-state index in [1.807, 2.05) is 34.0 Å². The Hall–Kier alpha value is -1.99. The third-order valence-electron chi connectivity index (χ3n) is 6.20. The van der Waals surface area contributed by atoms with Crippen LogP contribution in [0.2, 0.25) is 5.02 Å². The molecule has 0 spiro atoms. The number of hydrogen-bond donors (Lipinski definition) is 2. The third kappa shape index (κ3) is 10.7.